The average Bonchev–Trinajstić information content (AvgIpc) is 3.34. The normalized spacial score (nSPS) is 11.3. The molecule has 28 heavy (non-hydrogen) atoms. The number of para-hydroxylation sites is 1. The van der Waals surface area contributed by atoms with Crippen molar-refractivity contribution in [3.8, 4) is 11.3 Å². The molecule has 2 N–H and O–H groups in total. The number of hydrogen-bond donors (Lipinski definition) is 2. The van der Waals surface area contributed by atoms with Crippen LogP contribution in [0.15, 0.2) is 52.6 Å². The highest BCUT2D eigenvalue weighted by Gasteiger charge is 2.21. The molecule has 1 aromatic carbocycles. The molecule has 0 bridgehead atoms. The molecule has 0 atom stereocenters. The molecule has 4 heterocycles. The molecule has 0 spiro atoms. The van der Waals surface area contributed by atoms with Crippen LogP contribution in [0.2, 0.25) is 0 Å². The molecule has 0 aliphatic rings. The Balaban J connectivity index is 1.46. The fraction of sp³-hybridized carbons (Fsp3) is 0. The Bertz CT molecular complexity index is 1310. The summed E-state index contributed by atoms with van der Waals surface area (Å²) in [4.78, 5) is 21.0. The maximum atomic E-state index is 11.4. The SMILES string of the molecule is O=C(O)c1c(Br)nn2c(-c3ccc(Nc4nc5ccccc5s4)nc3)csc12. The van der Waals surface area contributed by atoms with E-state index < -0.39 is 5.97 Å². The number of benzene rings is 1. The van der Waals surface area contributed by atoms with Gasteiger partial charge in [0.1, 0.15) is 20.8 Å². The van der Waals surface area contributed by atoms with Crippen molar-refractivity contribution >= 4 is 70.6 Å². The van der Waals surface area contributed by atoms with Crippen LogP contribution in [0, 0.1) is 0 Å². The Hall–Kier alpha value is -2.82. The summed E-state index contributed by atoms with van der Waals surface area (Å²) in [5.74, 6) is -0.328. The zero-order chi connectivity index (χ0) is 19.3. The smallest absolute Gasteiger partial charge is 0.341 e. The number of nitrogens with zero attached hydrogens (tertiary/aromatic N) is 4. The molecule has 0 aliphatic heterocycles. The molecule has 0 radical (unpaired) electrons. The van der Waals surface area contributed by atoms with E-state index in [-0.39, 0.29) is 5.56 Å². The Morgan fingerprint density at radius 2 is 2.07 bits per heavy atom. The number of aromatic nitrogens is 4. The molecule has 0 amide bonds. The standard InChI is InChI=1S/C18H10BrN5O2S2/c19-15-14(17(25)26)16-24(23-15)11(8-27-16)9-5-6-13(20-7-9)22-18-21-10-3-1-2-4-12(10)28-18/h1-8H,(H,25,26)(H,20,21,22). The molecule has 0 fully saturated rings. The van der Waals surface area contributed by atoms with Gasteiger partial charge >= 0.3 is 5.97 Å². The summed E-state index contributed by atoms with van der Waals surface area (Å²) >= 11 is 6.12. The number of carbonyl (C=O) groups is 1. The number of anilines is 2. The Kier molecular flexibility index (Phi) is 4.11. The molecule has 10 heteroatoms. The van der Waals surface area contributed by atoms with E-state index in [1.54, 1.807) is 22.0 Å². The van der Waals surface area contributed by atoms with Crippen LogP contribution in [0.3, 0.4) is 0 Å². The van der Waals surface area contributed by atoms with E-state index in [4.69, 9.17) is 0 Å². The lowest BCUT2D eigenvalue weighted by Gasteiger charge is -2.03. The first-order valence-electron chi connectivity index (χ1n) is 8.08. The molecule has 0 saturated heterocycles. The van der Waals surface area contributed by atoms with E-state index in [9.17, 15) is 9.90 Å². The molecular weight excluding hydrogens is 462 g/mol. The predicted octanol–water partition coefficient (Wildman–Crippen LogP) is 5.27. The summed E-state index contributed by atoms with van der Waals surface area (Å²) < 4.78 is 3.05. The molecule has 0 aliphatic carbocycles. The summed E-state index contributed by atoms with van der Waals surface area (Å²) in [5.41, 5.74) is 2.74. The van der Waals surface area contributed by atoms with Crippen molar-refractivity contribution in [3.63, 3.8) is 0 Å². The van der Waals surface area contributed by atoms with Gasteiger partial charge in [0.25, 0.3) is 0 Å². The molecule has 0 saturated carbocycles. The van der Waals surface area contributed by atoms with Crippen LogP contribution in [0.4, 0.5) is 10.9 Å². The van der Waals surface area contributed by atoms with Gasteiger partial charge in [0, 0.05) is 17.1 Å². The summed E-state index contributed by atoms with van der Waals surface area (Å²) in [7, 11) is 0. The first-order chi connectivity index (χ1) is 13.6. The minimum Gasteiger partial charge on any atom is -0.477 e. The van der Waals surface area contributed by atoms with Gasteiger partial charge < -0.3 is 10.4 Å². The minimum atomic E-state index is -1.01. The van der Waals surface area contributed by atoms with Crippen molar-refractivity contribution in [1.29, 1.82) is 0 Å². The van der Waals surface area contributed by atoms with Crippen LogP contribution >= 0.6 is 38.6 Å². The average molecular weight is 472 g/mol. The predicted molar refractivity (Wildman–Crippen MR) is 114 cm³/mol. The second kappa shape index (κ2) is 6.66. The Labute approximate surface area is 174 Å². The van der Waals surface area contributed by atoms with Crippen LogP contribution in [0.1, 0.15) is 10.4 Å². The van der Waals surface area contributed by atoms with Crippen LogP contribution in [0.5, 0.6) is 0 Å². The maximum absolute atomic E-state index is 11.4. The summed E-state index contributed by atoms with van der Waals surface area (Å²) in [5, 5.41) is 19.5. The lowest BCUT2D eigenvalue weighted by molar-refractivity contribution is 0.0698. The van der Waals surface area contributed by atoms with Crippen LogP contribution in [-0.4, -0.2) is 30.7 Å². The molecule has 5 rings (SSSR count). The molecule has 4 aromatic heterocycles. The number of nitrogens with one attached hydrogen (secondary N) is 1. The van der Waals surface area contributed by atoms with Gasteiger partial charge in [-0.1, -0.05) is 23.5 Å². The van der Waals surface area contributed by atoms with Gasteiger partial charge in [0.05, 0.1) is 15.9 Å². The summed E-state index contributed by atoms with van der Waals surface area (Å²) in [6.45, 7) is 0. The van der Waals surface area contributed by atoms with Crippen molar-refractivity contribution in [1.82, 2.24) is 19.6 Å². The highest BCUT2D eigenvalue weighted by atomic mass is 79.9. The fourth-order valence-corrected chi connectivity index (χ4v) is 5.36. The highest BCUT2D eigenvalue weighted by Crippen LogP contribution is 2.32. The van der Waals surface area contributed by atoms with Crippen LogP contribution in [-0.2, 0) is 0 Å². The molecule has 0 unspecified atom stereocenters. The first-order valence-corrected chi connectivity index (χ1v) is 10.6. The van der Waals surface area contributed by atoms with Crippen LogP contribution in [0.25, 0.3) is 26.3 Å². The third-order valence-electron chi connectivity index (χ3n) is 4.11. The van der Waals surface area contributed by atoms with Gasteiger partial charge in [-0.2, -0.15) is 5.10 Å². The maximum Gasteiger partial charge on any atom is 0.341 e. The van der Waals surface area contributed by atoms with Gasteiger partial charge in [-0.05, 0) is 40.2 Å². The van der Waals surface area contributed by atoms with Crippen molar-refractivity contribution in [2.75, 3.05) is 5.32 Å². The van der Waals surface area contributed by atoms with Crippen molar-refractivity contribution < 1.29 is 9.90 Å². The molecule has 138 valence electrons. The number of thiazole rings is 2. The third-order valence-corrected chi connectivity index (χ3v) is 6.56. The zero-order valence-electron chi connectivity index (χ0n) is 14.0. The number of rotatable bonds is 4. The van der Waals surface area contributed by atoms with E-state index in [0.29, 0.717) is 15.3 Å². The number of hydrogen-bond acceptors (Lipinski definition) is 7. The minimum absolute atomic E-state index is 0.165. The number of carboxylic acids is 1. The molecule has 7 nitrogen and oxygen atoms in total. The van der Waals surface area contributed by atoms with Gasteiger partial charge in [-0.15, -0.1) is 11.3 Å². The Morgan fingerprint density at radius 1 is 1.21 bits per heavy atom. The van der Waals surface area contributed by atoms with Gasteiger partial charge in [-0.25, -0.2) is 19.3 Å². The van der Waals surface area contributed by atoms with Gasteiger partial charge in [0.2, 0.25) is 0 Å². The topological polar surface area (TPSA) is 92.4 Å². The second-order valence-corrected chi connectivity index (χ2v) is 8.49. The summed E-state index contributed by atoms with van der Waals surface area (Å²) in [6, 6.07) is 11.7. The lowest BCUT2D eigenvalue weighted by Crippen LogP contribution is -1.95. The van der Waals surface area contributed by atoms with E-state index in [0.717, 1.165) is 26.6 Å². The monoisotopic (exact) mass is 471 g/mol. The number of aromatic carboxylic acids is 1. The van der Waals surface area contributed by atoms with E-state index >= 15 is 0 Å². The number of fused-ring (bicyclic) bond motifs is 2. The number of carboxylic acid groups (broad SMARTS) is 1. The molecule has 5 aromatic rings. The third kappa shape index (κ3) is 2.86. The van der Waals surface area contributed by atoms with Crippen molar-refractivity contribution in [3.05, 3.63) is 58.1 Å². The van der Waals surface area contributed by atoms with Crippen molar-refractivity contribution in [2.24, 2.45) is 0 Å². The summed E-state index contributed by atoms with van der Waals surface area (Å²) in [6.07, 6.45) is 1.73. The number of pyridine rings is 1. The van der Waals surface area contributed by atoms with Crippen LogP contribution < -0.4 is 5.32 Å². The Morgan fingerprint density at radius 3 is 2.82 bits per heavy atom. The molecular formula is C18H10BrN5O2S2. The quantitative estimate of drug-likeness (QED) is 0.370. The van der Waals surface area contributed by atoms with E-state index in [1.165, 1.54) is 11.3 Å². The second-order valence-electron chi connectivity index (χ2n) is 5.85. The fourth-order valence-electron chi connectivity index (χ4n) is 2.84. The number of halogens is 1. The first kappa shape index (κ1) is 17.3. The zero-order valence-corrected chi connectivity index (χ0v) is 17.2. The van der Waals surface area contributed by atoms with E-state index in [1.807, 2.05) is 41.8 Å². The largest absolute Gasteiger partial charge is 0.477 e. The van der Waals surface area contributed by atoms with E-state index in [2.05, 4.69) is 36.3 Å². The lowest BCUT2D eigenvalue weighted by atomic mass is 10.2. The van der Waals surface area contributed by atoms with Crippen molar-refractivity contribution in [2.45, 2.75) is 0 Å². The van der Waals surface area contributed by atoms with Gasteiger partial charge in [-0.3, -0.25) is 0 Å². The highest BCUT2D eigenvalue weighted by molar-refractivity contribution is 9.10. The van der Waals surface area contributed by atoms with Gasteiger partial charge in [0.15, 0.2) is 5.13 Å².